The lowest BCUT2D eigenvalue weighted by molar-refractivity contribution is -0.131. The van der Waals surface area contributed by atoms with E-state index in [-0.39, 0.29) is 24.0 Å². The molecule has 0 bridgehead atoms. The fourth-order valence-corrected chi connectivity index (χ4v) is 2.31. The van der Waals surface area contributed by atoms with E-state index in [4.69, 9.17) is 11.6 Å². The molecule has 3 amide bonds. The second kappa shape index (κ2) is 16.2. The number of rotatable bonds is 15. The number of thiocarbonyl (C=S) groups is 1. The van der Waals surface area contributed by atoms with E-state index in [0.29, 0.717) is 19.3 Å². The molecule has 0 radical (unpaired) electrons. The van der Waals surface area contributed by atoms with Gasteiger partial charge in [-0.25, -0.2) is 5.43 Å². The molecular formula is C17H32N8O4S. The number of nitrogens with zero attached hydrogens (tertiary/aromatic N) is 1. The molecule has 0 aliphatic heterocycles. The summed E-state index contributed by atoms with van der Waals surface area (Å²) >= 11 is 4.59. The minimum absolute atomic E-state index is 0.0238. The molecule has 0 unspecified atom stereocenters. The first-order valence-electron chi connectivity index (χ1n) is 9.58. The van der Waals surface area contributed by atoms with Gasteiger partial charge in [0.1, 0.15) is 17.9 Å². The number of carbonyl (C=O) groups excluding carboxylic acids is 4. The summed E-state index contributed by atoms with van der Waals surface area (Å²) in [4.78, 5) is 47.5. The van der Waals surface area contributed by atoms with Crippen molar-refractivity contribution in [2.75, 3.05) is 13.1 Å². The van der Waals surface area contributed by atoms with E-state index in [1.165, 1.54) is 13.1 Å². The highest BCUT2D eigenvalue weighted by molar-refractivity contribution is 7.80. The van der Waals surface area contributed by atoms with Crippen LogP contribution in [-0.4, -0.2) is 60.0 Å². The van der Waals surface area contributed by atoms with Crippen LogP contribution in [0.15, 0.2) is 5.10 Å². The topological polar surface area (TPSA) is 193 Å². The van der Waals surface area contributed by atoms with Gasteiger partial charge in [-0.15, -0.1) is 0 Å². The molecule has 0 saturated heterocycles. The number of hydrazine groups is 1. The van der Waals surface area contributed by atoms with Crippen LogP contribution in [0.25, 0.3) is 0 Å². The number of carbonyl (C=O) groups is 4. The monoisotopic (exact) mass is 444 g/mol. The number of unbranched alkanes of at least 4 members (excludes halogenated alkanes) is 1. The molecule has 0 spiro atoms. The Labute approximate surface area is 181 Å². The maximum absolute atomic E-state index is 12.2. The van der Waals surface area contributed by atoms with Crippen molar-refractivity contribution in [2.45, 2.75) is 58.0 Å². The van der Waals surface area contributed by atoms with Crippen LogP contribution < -0.4 is 38.4 Å². The molecule has 30 heavy (non-hydrogen) atoms. The number of Topliss-reactive ketones (excluding diaryl/α,β-unsaturated/α-hetero) is 1. The normalized spacial score (nSPS) is 12.6. The number of nitrogens with two attached hydrogens (primary N) is 2. The summed E-state index contributed by atoms with van der Waals surface area (Å²) in [7, 11) is 0. The molecule has 0 aromatic rings. The Kier molecular flexibility index (Phi) is 14.8. The Morgan fingerprint density at radius 2 is 1.70 bits per heavy atom. The minimum Gasteiger partial charge on any atom is -0.375 e. The van der Waals surface area contributed by atoms with Crippen LogP contribution in [0.5, 0.6) is 0 Å². The number of amides is 3. The average Bonchev–Trinajstić information content (AvgIpc) is 2.69. The van der Waals surface area contributed by atoms with Gasteiger partial charge in [-0.2, -0.15) is 5.10 Å². The Bertz CT molecular complexity index is 629. The fraction of sp³-hybridized carbons (Fsp3) is 0.647. The third kappa shape index (κ3) is 13.5. The van der Waals surface area contributed by atoms with Crippen molar-refractivity contribution in [3.8, 4) is 0 Å². The fourth-order valence-electron chi connectivity index (χ4n) is 2.25. The standard InChI is InChI=1S/C17H32N8O4S/c1-3-4-6-12(15(28)20-9-11(2)26)23-14(27)10-21-16(29)13(24-19)7-5-8-22-25-17(18)30/h8,12-13,24H,3-7,9-10,19H2,1-2H3,(H,20,28)(H,21,29)(H,23,27)(H3,18,25,30)/b22-8-/t12-,13-/m0/s1. The molecule has 2 atom stereocenters. The van der Waals surface area contributed by atoms with E-state index in [0.717, 1.165) is 12.8 Å². The van der Waals surface area contributed by atoms with Crippen molar-refractivity contribution in [2.24, 2.45) is 16.7 Å². The SMILES string of the molecule is CCCC[C@H](NC(=O)CNC(=O)[C@H](CC/C=N\NC(N)=S)NN)C(=O)NCC(C)=O. The van der Waals surface area contributed by atoms with E-state index in [1.54, 1.807) is 0 Å². The summed E-state index contributed by atoms with van der Waals surface area (Å²) in [5, 5.41) is 11.3. The van der Waals surface area contributed by atoms with Gasteiger partial charge < -0.3 is 21.7 Å². The van der Waals surface area contributed by atoms with E-state index < -0.39 is 29.8 Å². The zero-order valence-electron chi connectivity index (χ0n) is 17.3. The predicted octanol–water partition coefficient (Wildman–Crippen LogP) is -2.09. The van der Waals surface area contributed by atoms with Gasteiger partial charge in [-0.1, -0.05) is 19.8 Å². The molecule has 0 aromatic heterocycles. The van der Waals surface area contributed by atoms with Crippen molar-refractivity contribution in [3.05, 3.63) is 0 Å². The van der Waals surface area contributed by atoms with E-state index >= 15 is 0 Å². The highest BCUT2D eigenvalue weighted by Crippen LogP contribution is 2.01. The van der Waals surface area contributed by atoms with Crippen molar-refractivity contribution in [1.29, 1.82) is 0 Å². The highest BCUT2D eigenvalue weighted by Gasteiger charge is 2.22. The zero-order valence-corrected chi connectivity index (χ0v) is 18.1. The number of ketones is 1. The van der Waals surface area contributed by atoms with E-state index in [9.17, 15) is 19.2 Å². The first-order chi connectivity index (χ1) is 14.2. The lowest BCUT2D eigenvalue weighted by atomic mass is 10.1. The van der Waals surface area contributed by atoms with Gasteiger partial charge in [0.2, 0.25) is 17.7 Å². The van der Waals surface area contributed by atoms with E-state index in [2.05, 4.69) is 44.1 Å². The van der Waals surface area contributed by atoms with E-state index in [1.807, 2.05) is 6.92 Å². The predicted molar refractivity (Wildman–Crippen MR) is 117 cm³/mol. The summed E-state index contributed by atoms with van der Waals surface area (Å²) in [5.74, 6) is 3.75. The van der Waals surface area contributed by atoms with Crippen LogP contribution in [0, 0.1) is 0 Å². The maximum atomic E-state index is 12.2. The zero-order chi connectivity index (χ0) is 22.9. The minimum atomic E-state index is -0.783. The molecule has 9 N–H and O–H groups in total. The van der Waals surface area contributed by atoms with Crippen LogP contribution in [0.2, 0.25) is 0 Å². The highest BCUT2D eigenvalue weighted by atomic mass is 32.1. The molecule has 170 valence electrons. The summed E-state index contributed by atoms with van der Waals surface area (Å²) in [6.45, 7) is 2.88. The van der Waals surface area contributed by atoms with Crippen molar-refractivity contribution >= 4 is 47.0 Å². The summed E-state index contributed by atoms with van der Waals surface area (Å²) in [6.07, 6.45) is 4.19. The van der Waals surface area contributed by atoms with Gasteiger partial charge in [-0.05, 0) is 38.4 Å². The molecule has 0 aromatic carbocycles. The Hall–Kier alpha value is -2.64. The molecule has 0 saturated carbocycles. The molecular weight excluding hydrogens is 412 g/mol. The number of hydrogen-bond donors (Lipinski definition) is 7. The van der Waals surface area contributed by atoms with Crippen LogP contribution in [-0.2, 0) is 19.2 Å². The Morgan fingerprint density at radius 1 is 1.07 bits per heavy atom. The second-order valence-corrected chi connectivity index (χ2v) is 6.92. The van der Waals surface area contributed by atoms with Gasteiger partial charge in [0.15, 0.2) is 5.11 Å². The van der Waals surface area contributed by atoms with Crippen LogP contribution in [0.1, 0.15) is 46.0 Å². The summed E-state index contributed by atoms with van der Waals surface area (Å²) < 4.78 is 0. The maximum Gasteiger partial charge on any atom is 0.242 e. The molecule has 13 heteroatoms. The van der Waals surface area contributed by atoms with Gasteiger partial charge in [-0.3, -0.25) is 30.4 Å². The number of hydrazone groups is 1. The molecule has 0 fully saturated rings. The molecule has 0 aliphatic rings. The van der Waals surface area contributed by atoms with Gasteiger partial charge in [0.25, 0.3) is 0 Å². The lowest BCUT2D eigenvalue weighted by Gasteiger charge is -2.19. The largest absolute Gasteiger partial charge is 0.375 e. The third-order valence-corrected chi connectivity index (χ3v) is 3.89. The van der Waals surface area contributed by atoms with Gasteiger partial charge >= 0.3 is 0 Å². The number of hydrogen-bond acceptors (Lipinski definition) is 8. The van der Waals surface area contributed by atoms with Crippen molar-refractivity contribution in [3.63, 3.8) is 0 Å². The average molecular weight is 445 g/mol. The summed E-state index contributed by atoms with van der Waals surface area (Å²) in [6, 6.07) is -1.53. The quantitative estimate of drug-likeness (QED) is 0.0642. The smallest absolute Gasteiger partial charge is 0.242 e. The lowest BCUT2D eigenvalue weighted by Crippen LogP contribution is -2.52. The van der Waals surface area contributed by atoms with Crippen LogP contribution in [0.3, 0.4) is 0 Å². The molecule has 0 rings (SSSR count). The molecule has 0 aliphatic carbocycles. The molecule has 0 heterocycles. The van der Waals surface area contributed by atoms with Crippen LogP contribution in [0.4, 0.5) is 0 Å². The summed E-state index contributed by atoms with van der Waals surface area (Å²) in [5.41, 5.74) is 9.97. The number of nitrogens with one attached hydrogen (secondary N) is 5. The first-order valence-corrected chi connectivity index (χ1v) is 9.99. The van der Waals surface area contributed by atoms with Crippen molar-refractivity contribution < 1.29 is 19.2 Å². The first kappa shape index (κ1) is 27.4. The molecule has 12 nitrogen and oxygen atoms in total. The van der Waals surface area contributed by atoms with Crippen LogP contribution >= 0.6 is 12.2 Å². The third-order valence-electron chi connectivity index (χ3n) is 3.80. The van der Waals surface area contributed by atoms with Crippen molar-refractivity contribution in [1.82, 2.24) is 26.8 Å². The Balaban J connectivity index is 4.53. The Morgan fingerprint density at radius 3 is 2.27 bits per heavy atom. The second-order valence-electron chi connectivity index (χ2n) is 6.48. The van der Waals surface area contributed by atoms with Gasteiger partial charge in [0.05, 0.1) is 13.1 Å². The van der Waals surface area contributed by atoms with Gasteiger partial charge in [0, 0.05) is 6.21 Å².